The van der Waals surface area contributed by atoms with Crippen molar-refractivity contribution in [2.45, 2.75) is 32.3 Å². The van der Waals surface area contributed by atoms with E-state index in [9.17, 15) is 4.79 Å². The number of amides is 1. The van der Waals surface area contributed by atoms with Crippen LogP contribution in [0.3, 0.4) is 0 Å². The van der Waals surface area contributed by atoms with Gasteiger partial charge in [0.25, 0.3) is 0 Å². The highest BCUT2D eigenvalue weighted by molar-refractivity contribution is 6.33. The minimum Gasteiger partial charge on any atom is -0.490 e. The summed E-state index contributed by atoms with van der Waals surface area (Å²) in [5.41, 5.74) is 13.2. The molecule has 0 radical (unpaired) electrons. The molecule has 29 heavy (non-hydrogen) atoms. The minimum atomic E-state index is -0.227. The van der Waals surface area contributed by atoms with Crippen molar-refractivity contribution in [3.8, 4) is 16.9 Å². The van der Waals surface area contributed by atoms with Crippen LogP contribution in [0.2, 0.25) is 5.02 Å². The van der Waals surface area contributed by atoms with Crippen LogP contribution in [0.5, 0.6) is 5.75 Å². The fourth-order valence-electron chi connectivity index (χ4n) is 3.08. The molecule has 1 amide bonds. The Balaban J connectivity index is 0.000000941. The topological polar surface area (TPSA) is 128 Å². The second-order valence-corrected chi connectivity index (χ2v) is 6.76. The third-order valence-corrected chi connectivity index (χ3v) is 4.69. The lowest BCUT2D eigenvalue weighted by Crippen LogP contribution is -2.26. The molecule has 0 fully saturated rings. The van der Waals surface area contributed by atoms with E-state index in [1.165, 1.54) is 0 Å². The Bertz CT molecular complexity index is 901. The van der Waals surface area contributed by atoms with E-state index in [1.54, 1.807) is 19.1 Å². The third-order valence-electron chi connectivity index (χ3n) is 4.38. The molecule has 5 N–H and O–H groups in total. The molecule has 0 aliphatic carbocycles. The SMILES string of the molecule is CCOC(=O)CC1CCc2cc(-c3ccc(C(=N)N)cc3Cl)ccc2O1.NC=O. The molecule has 8 heteroatoms. The predicted octanol–water partition coefficient (Wildman–Crippen LogP) is 3.04. The number of fused-ring (bicyclic) bond motifs is 1. The number of hydrogen-bond acceptors (Lipinski definition) is 5. The van der Waals surface area contributed by atoms with Gasteiger partial charge in [-0.05, 0) is 49.1 Å². The van der Waals surface area contributed by atoms with Gasteiger partial charge in [0.05, 0.1) is 13.0 Å². The third kappa shape index (κ3) is 5.96. The number of halogens is 1. The van der Waals surface area contributed by atoms with Crippen LogP contribution in [0, 0.1) is 5.41 Å². The number of ether oxygens (including phenoxy) is 2. The summed E-state index contributed by atoms with van der Waals surface area (Å²) in [5.74, 6) is 0.561. The summed E-state index contributed by atoms with van der Waals surface area (Å²) in [5, 5.41) is 8.05. The first-order chi connectivity index (χ1) is 13.9. The molecule has 2 aromatic rings. The van der Waals surface area contributed by atoms with Crippen molar-refractivity contribution >= 4 is 29.8 Å². The normalized spacial score (nSPS) is 14.5. The fourth-order valence-corrected chi connectivity index (χ4v) is 3.37. The molecule has 7 nitrogen and oxygen atoms in total. The molecular weight excluding hydrogens is 394 g/mol. The van der Waals surface area contributed by atoms with Crippen molar-refractivity contribution in [2.75, 3.05) is 6.61 Å². The van der Waals surface area contributed by atoms with Crippen LogP contribution in [-0.4, -0.2) is 30.9 Å². The number of amidine groups is 1. The van der Waals surface area contributed by atoms with Crippen LogP contribution in [0.4, 0.5) is 0 Å². The largest absolute Gasteiger partial charge is 0.490 e. The van der Waals surface area contributed by atoms with Gasteiger partial charge in [-0.1, -0.05) is 29.8 Å². The number of aryl methyl sites for hydroxylation is 1. The van der Waals surface area contributed by atoms with Crippen molar-refractivity contribution in [3.05, 3.63) is 52.5 Å². The van der Waals surface area contributed by atoms with Gasteiger partial charge in [-0.3, -0.25) is 15.0 Å². The first-order valence-corrected chi connectivity index (χ1v) is 9.52. The number of hydrogen-bond donors (Lipinski definition) is 3. The lowest BCUT2D eigenvalue weighted by atomic mass is 9.95. The zero-order chi connectivity index (χ0) is 21.4. The maximum Gasteiger partial charge on any atom is 0.309 e. The maximum absolute atomic E-state index is 11.6. The van der Waals surface area contributed by atoms with Crippen LogP contribution in [0.15, 0.2) is 36.4 Å². The standard InChI is InChI=1S/C20H21ClN2O3.CH3NO/c1-2-25-19(24)11-15-6-3-13-9-12(5-8-18(13)26-15)16-7-4-14(20(22)23)10-17(16)21;2-1-3/h4-5,7-10,15H,2-3,6,11H2,1H3,(H3,22,23);1H,(H2,2,3). The molecule has 0 spiro atoms. The van der Waals surface area contributed by atoms with Gasteiger partial charge in [0, 0.05) is 16.1 Å². The molecule has 2 aromatic carbocycles. The van der Waals surface area contributed by atoms with Crippen molar-refractivity contribution in [2.24, 2.45) is 11.5 Å². The summed E-state index contributed by atoms with van der Waals surface area (Å²) in [6.45, 7) is 2.18. The first-order valence-electron chi connectivity index (χ1n) is 9.14. The average molecular weight is 418 g/mol. The molecule has 1 aliphatic rings. The Morgan fingerprint density at radius 1 is 1.34 bits per heavy atom. The Kier molecular flexibility index (Phi) is 8.03. The second-order valence-electron chi connectivity index (χ2n) is 6.35. The van der Waals surface area contributed by atoms with E-state index < -0.39 is 0 Å². The number of rotatable bonds is 5. The van der Waals surface area contributed by atoms with Crippen LogP contribution in [0.25, 0.3) is 11.1 Å². The van der Waals surface area contributed by atoms with E-state index in [2.05, 4.69) is 11.8 Å². The van der Waals surface area contributed by atoms with E-state index >= 15 is 0 Å². The molecule has 0 saturated heterocycles. The van der Waals surface area contributed by atoms with E-state index in [0.717, 1.165) is 35.3 Å². The van der Waals surface area contributed by atoms with Crippen LogP contribution < -0.4 is 16.2 Å². The number of nitrogens with one attached hydrogen (secondary N) is 1. The maximum atomic E-state index is 11.6. The van der Waals surface area contributed by atoms with Gasteiger partial charge < -0.3 is 20.9 Å². The van der Waals surface area contributed by atoms with Gasteiger partial charge in [-0.2, -0.15) is 0 Å². The van der Waals surface area contributed by atoms with E-state index in [1.807, 2.05) is 18.2 Å². The van der Waals surface area contributed by atoms with E-state index in [0.29, 0.717) is 17.2 Å². The molecule has 154 valence electrons. The second kappa shape index (κ2) is 10.5. The van der Waals surface area contributed by atoms with Gasteiger partial charge in [-0.25, -0.2) is 0 Å². The molecule has 1 heterocycles. The summed E-state index contributed by atoms with van der Waals surface area (Å²) in [6, 6.07) is 11.3. The summed E-state index contributed by atoms with van der Waals surface area (Å²) in [4.78, 5) is 20.2. The monoisotopic (exact) mass is 417 g/mol. The summed E-state index contributed by atoms with van der Waals surface area (Å²) < 4.78 is 10.9. The van der Waals surface area contributed by atoms with Gasteiger partial charge in [-0.15, -0.1) is 0 Å². The van der Waals surface area contributed by atoms with Gasteiger partial charge >= 0.3 is 5.97 Å². The van der Waals surface area contributed by atoms with Gasteiger partial charge in [0.1, 0.15) is 17.7 Å². The van der Waals surface area contributed by atoms with Gasteiger partial charge in [0.2, 0.25) is 6.41 Å². The lowest BCUT2D eigenvalue weighted by Gasteiger charge is -2.26. The minimum absolute atomic E-state index is 0.00932. The van der Waals surface area contributed by atoms with Crippen LogP contribution in [0.1, 0.15) is 30.9 Å². The molecule has 1 unspecified atom stereocenters. The summed E-state index contributed by atoms with van der Waals surface area (Å²) >= 11 is 6.37. The highest BCUT2D eigenvalue weighted by Gasteiger charge is 2.23. The zero-order valence-electron chi connectivity index (χ0n) is 16.1. The zero-order valence-corrected chi connectivity index (χ0v) is 16.9. The van der Waals surface area contributed by atoms with Crippen LogP contribution >= 0.6 is 11.6 Å². The first kappa shape index (κ1) is 22.2. The molecule has 0 saturated carbocycles. The number of nitrogens with two attached hydrogens (primary N) is 2. The molecule has 0 bridgehead atoms. The number of benzene rings is 2. The molecule has 0 aromatic heterocycles. The number of carbonyl (C=O) groups excluding carboxylic acids is 2. The molecular formula is C21H24ClN3O4. The Hall–Kier alpha value is -3.06. The summed E-state index contributed by atoms with van der Waals surface area (Å²) in [7, 11) is 0. The molecule has 3 rings (SSSR count). The highest BCUT2D eigenvalue weighted by atomic mass is 35.5. The average Bonchev–Trinajstić information content (AvgIpc) is 2.68. The van der Waals surface area contributed by atoms with Crippen molar-refractivity contribution in [3.63, 3.8) is 0 Å². The molecule has 1 atom stereocenters. The van der Waals surface area contributed by atoms with E-state index in [4.69, 9.17) is 37.0 Å². The fraction of sp³-hybridized carbons (Fsp3) is 0.286. The number of nitrogen functional groups attached to an aromatic ring is 1. The number of carbonyl (C=O) groups is 2. The van der Waals surface area contributed by atoms with Crippen LogP contribution in [-0.2, 0) is 20.7 Å². The Morgan fingerprint density at radius 2 is 2.07 bits per heavy atom. The smallest absolute Gasteiger partial charge is 0.309 e. The molecule has 1 aliphatic heterocycles. The van der Waals surface area contributed by atoms with Crippen molar-refractivity contribution in [1.82, 2.24) is 0 Å². The highest BCUT2D eigenvalue weighted by Crippen LogP contribution is 2.35. The number of primary amides is 1. The van der Waals surface area contributed by atoms with Crippen molar-refractivity contribution < 1.29 is 19.1 Å². The van der Waals surface area contributed by atoms with Gasteiger partial charge in [0.15, 0.2) is 0 Å². The predicted molar refractivity (Wildman–Crippen MR) is 112 cm³/mol. The Labute approximate surface area is 174 Å². The Morgan fingerprint density at radius 3 is 2.69 bits per heavy atom. The lowest BCUT2D eigenvalue weighted by molar-refractivity contribution is -0.145. The number of esters is 1. The van der Waals surface area contributed by atoms with E-state index in [-0.39, 0.29) is 30.7 Å². The summed E-state index contributed by atoms with van der Waals surface area (Å²) in [6.07, 6.45) is 1.97. The van der Waals surface area contributed by atoms with Crippen molar-refractivity contribution in [1.29, 1.82) is 5.41 Å². The quantitative estimate of drug-likeness (QED) is 0.298.